The molecular formula is C20H22O4. The summed E-state index contributed by atoms with van der Waals surface area (Å²) in [4.78, 5) is 21.9. The van der Waals surface area contributed by atoms with Crippen molar-refractivity contribution in [2.75, 3.05) is 13.2 Å². The summed E-state index contributed by atoms with van der Waals surface area (Å²) < 4.78 is 10.1. The van der Waals surface area contributed by atoms with Crippen LogP contribution >= 0.6 is 0 Å². The summed E-state index contributed by atoms with van der Waals surface area (Å²) in [6.45, 7) is 3.55. The lowest BCUT2D eigenvalue weighted by Crippen LogP contribution is -2.06. The molecule has 2 aromatic rings. The first-order chi connectivity index (χ1) is 11.6. The molecule has 0 radical (unpaired) electrons. The van der Waals surface area contributed by atoms with E-state index in [0.29, 0.717) is 26.1 Å². The number of esters is 2. The van der Waals surface area contributed by atoms with Crippen molar-refractivity contribution < 1.29 is 19.1 Å². The maximum absolute atomic E-state index is 11.0. The zero-order chi connectivity index (χ0) is 17.4. The van der Waals surface area contributed by atoms with Crippen LogP contribution in [0.3, 0.4) is 0 Å². The third kappa shape index (κ3) is 5.23. The number of ether oxygens (including phenoxy) is 2. The van der Waals surface area contributed by atoms with Crippen molar-refractivity contribution in [1.82, 2.24) is 0 Å². The van der Waals surface area contributed by atoms with Crippen molar-refractivity contribution in [3.63, 3.8) is 0 Å². The van der Waals surface area contributed by atoms with E-state index in [1.54, 1.807) is 0 Å². The number of carbonyl (C=O) groups is 2. The molecule has 0 bridgehead atoms. The zero-order valence-corrected chi connectivity index (χ0v) is 14.1. The van der Waals surface area contributed by atoms with Crippen molar-refractivity contribution in [3.8, 4) is 11.1 Å². The monoisotopic (exact) mass is 326 g/mol. The van der Waals surface area contributed by atoms with Crippen LogP contribution in [0.4, 0.5) is 0 Å². The first-order valence-electron chi connectivity index (χ1n) is 8.01. The summed E-state index contributed by atoms with van der Waals surface area (Å²) in [6.07, 6.45) is 1.32. The molecule has 0 atom stereocenters. The van der Waals surface area contributed by atoms with Gasteiger partial charge in [-0.1, -0.05) is 48.5 Å². The Balaban J connectivity index is 2.21. The van der Waals surface area contributed by atoms with E-state index < -0.39 is 0 Å². The van der Waals surface area contributed by atoms with Crippen LogP contribution in [0.5, 0.6) is 0 Å². The van der Waals surface area contributed by atoms with Gasteiger partial charge in [0.2, 0.25) is 0 Å². The second-order valence-electron chi connectivity index (χ2n) is 5.49. The lowest BCUT2D eigenvalue weighted by Gasteiger charge is -2.14. The fourth-order valence-corrected chi connectivity index (χ4v) is 2.61. The smallest absolute Gasteiger partial charge is 0.302 e. The molecule has 2 rings (SSSR count). The highest BCUT2D eigenvalue weighted by molar-refractivity contribution is 5.71. The summed E-state index contributed by atoms with van der Waals surface area (Å²) in [7, 11) is 0. The molecule has 0 spiro atoms. The van der Waals surface area contributed by atoms with Gasteiger partial charge < -0.3 is 9.47 Å². The number of carbonyl (C=O) groups excluding carboxylic acids is 2. The van der Waals surface area contributed by atoms with Crippen molar-refractivity contribution in [2.24, 2.45) is 0 Å². The minimum absolute atomic E-state index is 0.269. The topological polar surface area (TPSA) is 52.6 Å². The molecule has 4 heteroatoms. The van der Waals surface area contributed by atoms with E-state index >= 15 is 0 Å². The third-order valence-corrected chi connectivity index (χ3v) is 3.68. The first-order valence-corrected chi connectivity index (χ1v) is 8.01. The minimum Gasteiger partial charge on any atom is -0.466 e. The Bertz CT molecular complexity index is 645. The van der Waals surface area contributed by atoms with E-state index in [2.05, 4.69) is 12.1 Å². The van der Waals surface area contributed by atoms with Gasteiger partial charge in [0.1, 0.15) is 0 Å². The van der Waals surface area contributed by atoms with E-state index in [1.165, 1.54) is 13.8 Å². The van der Waals surface area contributed by atoms with Crippen LogP contribution in [-0.4, -0.2) is 25.2 Å². The van der Waals surface area contributed by atoms with Crippen molar-refractivity contribution >= 4 is 11.9 Å². The molecule has 0 N–H and O–H groups in total. The lowest BCUT2D eigenvalue weighted by atomic mass is 9.93. The molecule has 0 aliphatic rings. The summed E-state index contributed by atoms with van der Waals surface area (Å²) in [5, 5.41) is 0. The predicted octanol–water partition coefficient (Wildman–Crippen LogP) is 3.56. The SMILES string of the molecule is CC(=O)OCCc1ccccc1-c1ccccc1CCOC(C)=O. The van der Waals surface area contributed by atoms with Crippen LogP contribution < -0.4 is 0 Å². The van der Waals surface area contributed by atoms with Gasteiger partial charge in [-0.15, -0.1) is 0 Å². The number of benzene rings is 2. The Morgan fingerprint density at radius 3 is 1.46 bits per heavy atom. The quantitative estimate of drug-likeness (QED) is 0.730. The van der Waals surface area contributed by atoms with E-state index in [4.69, 9.17) is 9.47 Å². The Morgan fingerprint density at radius 2 is 1.08 bits per heavy atom. The second-order valence-corrected chi connectivity index (χ2v) is 5.49. The highest BCUT2D eigenvalue weighted by atomic mass is 16.5. The Kier molecular flexibility index (Phi) is 6.55. The summed E-state index contributed by atoms with van der Waals surface area (Å²) in [5.74, 6) is -0.538. The highest BCUT2D eigenvalue weighted by Gasteiger charge is 2.10. The van der Waals surface area contributed by atoms with E-state index in [9.17, 15) is 9.59 Å². The lowest BCUT2D eigenvalue weighted by molar-refractivity contribution is -0.141. The number of hydrogen-bond donors (Lipinski definition) is 0. The van der Waals surface area contributed by atoms with Gasteiger partial charge >= 0.3 is 11.9 Å². The van der Waals surface area contributed by atoms with Gasteiger partial charge in [-0.05, 0) is 22.3 Å². The van der Waals surface area contributed by atoms with Gasteiger partial charge in [0.25, 0.3) is 0 Å². The fraction of sp³-hybridized carbons (Fsp3) is 0.300. The molecule has 0 aliphatic heterocycles. The number of rotatable bonds is 7. The number of hydrogen-bond acceptors (Lipinski definition) is 4. The van der Waals surface area contributed by atoms with Crippen LogP contribution in [0.25, 0.3) is 11.1 Å². The average molecular weight is 326 g/mol. The molecule has 0 aromatic heterocycles. The largest absolute Gasteiger partial charge is 0.466 e. The molecule has 0 unspecified atom stereocenters. The maximum atomic E-state index is 11.0. The molecule has 0 amide bonds. The van der Waals surface area contributed by atoms with Gasteiger partial charge in [-0.3, -0.25) is 9.59 Å². The van der Waals surface area contributed by atoms with Crippen LogP contribution in [0, 0.1) is 0 Å². The molecule has 24 heavy (non-hydrogen) atoms. The van der Waals surface area contributed by atoms with Gasteiger partial charge in [0.15, 0.2) is 0 Å². The normalized spacial score (nSPS) is 10.2. The van der Waals surface area contributed by atoms with Crippen LogP contribution in [0.2, 0.25) is 0 Å². The van der Waals surface area contributed by atoms with Gasteiger partial charge in [-0.2, -0.15) is 0 Å². The third-order valence-electron chi connectivity index (χ3n) is 3.68. The summed E-state index contributed by atoms with van der Waals surface area (Å²) >= 11 is 0. The van der Waals surface area contributed by atoms with Crippen LogP contribution in [0.1, 0.15) is 25.0 Å². The van der Waals surface area contributed by atoms with Crippen LogP contribution in [-0.2, 0) is 31.9 Å². The predicted molar refractivity (Wildman–Crippen MR) is 92.6 cm³/mol. The Morgan fingerprint density at radius 1 is 0.708 bits per heavy atom. The highest BCUT2D eigenvalue weighted by Crippen LogP contribution is 2.28. The standard InChI is InChI=1S/C20H22O4/c1-15(21)23-13-11-17-7-3-5-9-19(17)20-10-6-4-8-18(20)12-14-24-16(2)22/h3-10H,11-14H2,1-2H3. The molecule has 0 aliphatic carbocycles. The van der Waals surface area contributed by atoms with Crippen molar-refractivity contribution in [2.45, 2.75) is 26.7 Å². The van der Waals surface area contributed by atoms with Crippen molar-refractivity contribution in [1.29, 1.82) is 0 Å². The Hall–Kier alpha value is -2.62. The van der Waals surface area contributed by atoms with Gasteiger partial charge in [0.05, 0.1) is 13.2 Å². The second kappa shape index (κ2) is 8.87. The molecule has 0 saturated heterocycles. The fourth-order valence-electron chi connectivity index (χ4n) is 2.61. The molecular weight excluding hydrogens is 304 g/mol. The van der Waals surface area contributed by atoms with Gasteiger partial charge in [-0.25, -0.2) is 0 Å². The summed E-state index contributed by atoms with van der Waals surface area (Å²) in [6, 6.07) is 16.2. The molecule has 126 valence electrons. The van der Waals surface area contributed by atoms with E-state index in [0.717, 1.165) is 22.3 Å². The molecule has 0 heterocycles. The summed E-state index contributed by atoms with van der Waals surface area (Å²) in [5.41, 5.74) is 4.48. The Labute approximate surface area is 142 Å². The van der Waals surface area contributed by atoms with Gasteiger partial charge in [0, 0.05) is 26.7 Å². The van der Waals surface area contributed by atoms with Crippen molar-refractivity contribution in [3.05, 3.63) is 59.7 Å². The minimum atomic E-state index is -0.269. The zero-order valence-electron chi connectivity index (χ0n) is 14.1. The first kappa shape index (κ1) is 17.7. The average Bonchev–Trinajstić information content (AvgIpc) is 2.55. The van der Waals surface area contributed by atoms with Crippen LogP contribution in [0.15, 0.2) is 48.5 Å². The van der Waals surface area contributed by atoms with E-state index in [-0.39, 0.29) is 11.9 Å². The maximum Gasteiger partial charge on any atom is 0.302 e. The van der Waals surface area contributed by atoms with E-state index in [1.807, 2.05) is 36.4 Å². The molecule has 4 nitrogen and oxygen atoms in total. The molecule has 0 saturated carbocycles. The molecule has 2 aromatic carbocycles. The molecule has 0 fully saturated rings.